The molecule has 2 heterocycles. The Hall–Kier alpha value is -2.76. The van der Waals surface area contributed by atoms with Gasteiger partial charge in [-0.05, 0) is 36.9 Å². The minimum absolute atomic E-state index is 0.109. The lowest BCUT2D eigenvalue weighted by Gasteiger charge is -2.36. The number of carbonyl (C=O) groups is 2. The van der Waals surface area contributed by atoms with E-state index in [0.29, 0.717) is 10.6 Å². The van der Waals surface area contributed by atoms with Crippen LogP contribution in [0.15, 0.2) is 33.1 Å². The van der Waals surface area contributed by atoms with Crippen molar-refractivity contribution in [1.29, 1.82) is 0 Å². The standard InChI is InChI=1S/C17H17F3N4O4S/c1-5-28-12(25)9-6-7-10-11(8-9)29-15-22-16(13(26)27-4,17(18,19)20)21-14(23(2)3)24(10)15/h6-8H,5H2,1-4H3/t16-/m0/s1. The summed E-state index contributed by atoms with van der Waals surface area (Å²) in [4.78, 5) is 34.6. The highest BCUT2D eigenvalue weighted by Gasteiger charge is 2.65. The number of thioether (sulfide) groups is 1. The molecule has 0 unspecified atom stereocenters. The molecule has 0 fully saturated rings. The molecule has 0 bridgehead atoms. The Morgan fingerprint density at radius 3 is 2.52 bits per heavy atom. The molecule has 156 valence electrons. The fourth-order valence-corrected chi connectivity index (χ4v) is 3.86. The van der Waals surface area contributed by atoms with Gasteiger partial charge in [0, 0.05) is 19.0 Å². The Balaban J connectivity index is 2.15. The van der Waals surface area contributed by atoms with E-state index in [1.54, 1.807) is 13.0 Å². The Labute approximate surface area is 168 Å². The number of guanidine groups is 1. The lowest BCUT2D eigenvalue weighted by Crippen LogP contribution is -2.57. The van der Waals surface area contributed by atoms with Crippen LogP contribution in [0.1, 0.15) is 17.3 Å². The molecule has 0 aliphatic carbocycles. The monoisotopic (exact) mass is 430 g/mol. The number of ether oxygens (including phenoxy) is 2. The zero-order valence-corrected chi connectivity index (χ0v) is 16.7. The molecule has 0 saturated carbocycles. The van der Waals surface area contributed by atoms with Gasteiger partial charge in [-0.25, -0.2) is 19.6 Å². The van der Waals surface area contributed by atoms with Crippen LogP contribution in [0.3, 0.4) is 0 Å². The van der Waals surface area contributed by atoms with E-state index in [0.717, 1.165) is 18.9 Å². The largest absolute Gasteiger partial charge is 0.465 e. The van der Waals surface area contributed by atoms with Crippen LogP contribution in [-0.4, -0.2) is 67.6 Å². The molecular weight excluding hydrogens is 413 g/mol. The van der Waals surface area contributed by atoms with Crippen LogP contribution in [0.2, 0.25) is 0 Å². The van der Waals surface area contributed by atoms with Crippen molar-refractivity contribution in [3.63, 3.8) is 0 Å². The second-order valence-corrected chi connectivity index (χ2v) is 7.21. The van der Waals surface area contributed by atoms with Gasteiger partial charge in [0.05, 0.1) is 25.0 Å². The number of aliphatic imine (C=N–C) groups is 2. The van der Waals surface area contributed by atoms with E-state index >= 15 is 0 Å². The number of hydrogen-bond acceptors (Lipinski definition) is 9. The number of esters is 2. The van der Waals surface area contributed by atoms with Gasteiger partial charge in [-0.2, -0.15) is 13.2 Å². The SMILES string of the molecule is CCOC(=O)c1ccc2c(c1)SC1=N[C@@](C(=O)OC)(C(F)(F)F)N=C(N(C)C)N12. The molecule has 8 nitrogen and oxygen atoms in total. The summed E-state index contributed by atoms with van der Waals surface area (Å²) >= 11 is 0.890. The predicted molar refractivity (Wildman–Crippen MR) is 100 cm³/mol. The van der Waals surface area contributed by atoms with Crippen LogP contribution < -0.4 is 4.90 Å². The predicted octanol–water partition coefficient (Wildman–Crippen LogP) is 2.49. The van der Waals surface area contributed by atoms with Gasteiger partial charge in [0.15, 0.2) is 5.17 Å². The van der Waals surface area contributed by atoms with Gasteiger partial charge in [-0.3, -0.25) is 4.90 Å². The molecule has 0 radical (unpaired) electrons. The fourth-order valence-electron chi connectivity index (χ4n) is 2.77. The smallest absolute Gasteiger partial charge is 0.446 e. The number of halogens is 3. The maximum Gasteiger partial charge on any atom is 0.446 e. The van der Waals surface area contributed by atoms with Crippen molar-refractivity contribution in [3.05, 3.63) is 23.8 Å². The first-order valence-corrected chi connectivity index (χ1v) is 9.18. The van der Waals surface area contributed by atoms with E-state index in [4.69, 9.17) is 4.74 Å². The van der Waals surface area contributed by atoms with E-state index in [-0.39, 0.29) is 23.3 Å². The van der Waals surface area contributed by atoms with Gasteiger partial charge in [-0.15, -0.1) is 0 Å². The maximum atomic E-state index is 13.9. The van der Waals surface area contributed by atoms with Crippen LogP contribution >= 0.6 is 11.8 Å². The van der Waals surface area contributed by atoms with Gasteiger partial charge in [-0.1, -0.05) is 0 Å². The van der Waals surface area contributed by atoms with Crippen molar-refractivity contribution in [1.82, 2.24) is 4.90 Å². The van der Waals surface area contributed by atoms with Crippen molar-refractivity contribution in [2.45, 2.75) is 23.7 Å². The zero-order valence-electron chi connectivity index (χ0n) is 15.9. The van der Waals surface area contributed by atoms with Gasteiger partial charge < -0.3 is 14.4 Å². The van der Waals surface area contributed by atoms with E-state index in [2.05, 4.69) is 14.7 Å². The Bertz CT molecular complexity index is 932. The third-order valence-electron chi connectivity index (χ3n) is 4.09. The van der Waals surface area contributed by atoms with Crippen LogP contribution in [0.5, 0.6) is 0 Å². The first-order valence-electron chi connectivity index (χ1n) is 8.37. The van der Waals surface area contributed by atoms with Crippen LogP contribution in [0, 0.1) is 0 Å². The molecule has 2 aliphatic heterocycles. The van der Waals surface area contributed by atoms with E-state index in [1.807, 2.05) is 0 Å². The first kappa shape index (κ1) is 21.0. The second kappa shape index (κ2) is 7.25. The van der Waals surface area contributed by atoms with E-state index in [1.165, 1.54) is 36.0 Å². The van der Waals surface area contributed by atoms with Crippen molar-refractivity contribution >= 4 is 40.5 Å². The highest BCUT2D eigenvalue weighted by Crippen LogP contribution is 2.47. The van der Waals surface area contributed by atoms with Crippen molar-refractivity contribution in [2.24, 2.45) is 9.98 Å². The fraction of sp³-hybridized carbons (Fsp3) is 0.412. The molecule has 0 aromatic heterocycles. The van der Waals surface area contributed by atoms with Crippen molar-refractivity contribution in [2.75, 3.05) is 32.7 Å². The number of rotatable bonds is 3. The summed E-state index contributed by atoms with van der Waals surface area (Å²) in [7, 11) is 3.83. The molecule has 0 N–H and O–H groups in total. The summed E-state index contributed by atoms with van der Waals surface area (Å²) in [6.07, 6.45) is -5.12. The first-order chi connectivity index (χ1) is 13.6. The number of amidine groups is 1. The topological polar surface area (TPSA) is 83.8 Å². The Kier molecular flexibility index (Phi) is 5.24. The van der Waals surface area contributed by atoms with Gasteiger partial charge >= 0.3 is 23.8 Å². The Morgan fingerprint density at radius 1 is 1.28 bits per heavy atom. The lowest BCUT2D eigenvalue weighted by molar-refractivity contribution is -0.201. The lowest BCUT2D eigenvalue weighted by atomic mass is 10.1. The highest BCUT2D eigenvalue weighted by atomic mass is 32.2. The molecular formula is C17H17F3N4O4S. The molecule has 2 aliphatic rings. The number of anilines is 1. The van der Waals surface area contributed by atoms with Gasteiger partial charge in [0.1, 0.15) is 0 Å². The zero-order chi connectivity index (χ0) is 21.6. The third kappa shape index (κ3) is 3.30. The number of methoxy groups -OCH3 is 1. The maximum absolute atomic E-state index is 13.9. The summed E-state index contributed by atoms with van der Waals surface area (Å²) in [6, 6.07) is 4.56. The average Bonchev–Trinajstić information content (AvgIpc) is 3.02. The molecule has 12 heteroatoms. The molecule has 0 amide bonds. The molecule has 1 aromatic rings. The molecule has 0 saturated heterocycles. The third-order valence-corrected chi connectivity index (χ3v) is 5.09. The number of hydrogen-bond donors (Lipinski definition) is 0. The molecule has 1 aromatic carbocycles. The number of alkyl halides is 3. The van der Waals surface area contributed by atoms with Crippen LogP contribution in [0.4, 0.5) is 18.9 Å². The second-order valence-electron chi connectivity index (χ2n) is 6.20. The van der Waals surface area contributed by atoms with Gasteiger partial charge in [0.2, 0.25) is 5.96 Å². The van der Waals surface area contributed by atoms with Crippen molar-refractivity contribution in [3.8, 4) is 0 Å². The Morgan fingerprint density at radius 2 is 1.97 bits per heavy atom. The van der Waals surface area contributed by atoms with E-state index < -0.39 is 23.8 Å². The minimum Gasteiger partial charge on any atom is -0.465 e. The number of fused-ring (bicyclic) bond motifs is 3. The summed E-state index contributed by atoms with van der Waals surface area (Å²) in [5, 5.41) is -0.109. The normalized spacial score (nSPS) is 20.3. The van der Waals surface area contributed by atoms with Crippen LogP contribution in [-0.2, 0) is 14.3 Å². The minimum atomic E-state index is -5.12. The average molecular weight is 430 g/mol. The summed E-state index contributed by atoms with van der Waals surface area (Å²) in [6.45, 7) is 1.85. The molecule has 0 spiro atoms. The van der Waals surface area contributed by atoms with Crippen LogP contribution in [0.25, 0.3) is 0 Å². The number of benzene rings is 1. The summed E-state index contributed by atoms with van der Waals surface area (Å²) < 4.78 is 51.0. The van der Waals surface area contributed by atoms with E-state index in [9.17, 15) is 22.8 Å². The molecule has 3 rings (SSSR count). The number of carbonyl (C=O) groups excluding carboxylic acids is 2. The van der Waals surface area contributed by atoms with Gasteiger partial charge in [0.25, 0.3) is 0 Å². The number of nitrogens with zero attached hydrogens (tertiary/aromatic N) is 4. The highest BCUT2D eigenvalue weighted by molar-refractivity contribution is 8.15. The molecule has 1 atom stereocenters. The molecule has 29 heavy (non-hydrogen) atoms. The summed E-state index contributed by atoms with van der Waals surface area (Å²) in [5.41, 5.74) is -2.68. The quantitative estimate of drug-likeness (QED) is 0.682. The summed E-state index contributed by atoms with van der Waals surface area (Å²) in [5.74, 6) is -2.34. The van der Waals surface area contributed by atoms with Crippen molar-refractivity contribution < 1.29 is 32.2 Å².